The Morgan fingerprint density at radius 3 is 2.26 bits per heavy atom. The molecule has 0 radical (unpaired) electrons. The highest BCUT2D eigenvalue weighted by Crippen LogP contribution is 2.19. The van der Waals surface area contributed by atoms with Gasteiger partial charge >= 0.3 is 1.43 Å². The van der Waals surface area contributed by atoms with E-state index < -0.39 is 0 Å². The fourth-order valence-corrected chi connectivity index (χ4v) is 3.95. The molecule has 7 heteroatoms. The predicted octanol–water partition coefficient (Wildman–Crippen LogP) is 0.182. The van der Waals surface area contributed by atoms with Crippen molar-refractivity contribution in [2.24, 2.45) is 0 Å². The summed E-state index contributed by atoms with van der Waals surface area (Å²) in [6.45, 7) is 6.02. The molecule has 2 heterocycles. The molecule has 3 aromatic rings. The molecule has 1 fully saturated rings. The van der Waals surface area contributed by atoms with E-state index in [1.54, 1.807) is 0 Å². The van der Waals surface area contributed by atoms with Crippen molar-refractivity contribution in [2.75, 3.05) is 32.8 Å². The lowest BCUT2D eigenvalue weighted by Gasteiger charge is -2.26. The molecule has 0 unspecified atom stereocenters. The summed E-state index contributed by atoms with van der Waals surface area (Å²) in [6.07, 6.45) is 0. The number of nitrogens with zero attached hydrogens (tertiary/aromatic N) is 3. The average Bonchev–Trinajstić information content (AvgIpc) is 2.94. The Morgan fingerprint density at radius 1 is 0.926 bits per heavy atom. The number of benzene rings is 2. The number of fused-ring (bicyclic) bond motifs is 1. The van der Waals surface area contributed by atoms with Crippen molar-refractivity contribution in [1.82, 2.24) is 14.0 Å². The minimum Gasteiger partial charge on any atom is -1.00 e. The number of para-hydroxylation sites is 2. The largest absolute Gasteiger partial charge is 1.00 e. The number of imidazole rings is 1. The molecule has 27 heavy (non-hydrogen) atoms. The SMILES string of the molecule is N=c1n(CCN2CCOCC2)c2ccccc2n1Cc1ccccc1Br.[Br-].[H+]. The Kier molecular flexibility index (Phi) is 6.92. The van der Waals surface area contributed by atoms with Gasteiger partial charge in [0.15, 0.2) is 0 Å². The Morgan fingerprint density at radius 2 is 1.56 bits per heavy atom. The average molecular weight is 496 g/mol. The van der Waals surface area contributed by atoms with Crippen LogP contribution in [0, 0.1) is 5.41 Å². The molecular weight excluding hydrogens is 472 g/mol. The molecule has 2 aromatic carbocycles. The molecule has 1 N–H and O–H groups in total. The van der Waals surface area contributed by atoms with Crippen molar-refractivity contribution in [3.8, 4) is 0 Å². The van der Waals surface area contributed by atoms with Crippen molar-refractivity contribution in [3.05, 3.63) is 64.2 Å². The number of nitrogens with one attached hydrogen (secondary N) is 1. The standard InChI is InChI=1S/C20H23BrN4O.BrH/c21-17-6-2-1-5-16(17)15-25-19-8-4-3-7-18(19)24(20(25)22)10-9-23-11-13-26-14-12-23;/h1-8,22H,9-15H2;1H. The number of rotatable bonds is 5. The van der Waals surface area contributed by atoms with Crippen LogP contribution in [-0.4, -0.2) is 46.9 Å². The Balaban J connectivity index is 0.00000140. The lowest BCUT2D eigenvalue weighted by molar-refractivity contribution is -0.00000703. The van der Waals surface area contributed by atoms with E-state index in [9.17, 15) is 0 Å². The second kappa shape index (κ2) is 9.19. The summed E-state index contributed by atoms with van der Waals surface area (Å²) in [5.41, 5.74) is 3.96. The summed E-state index contributed by atoms with van der Waals surface area (Å²) in [7, 11) is 0. The van der Waals surface area contributed by atoms with Crippen LogP contribution in [0.4, 0.5) is 0 Å². The Labute approximate surface area is 179 Å². The molecule has 0 spiro atoms. The second-order valence-electron chi connectivity index (χ2n) is 6.60. The maximum atomic E-state index is 8.78. The van der Waals surface area contributed by atoms with Crippen LogP contribution >= 0.6 is 15.9 Å². The Bertz CT molecular complexity index is 966. The van der Waals surface area contributed by atoms with Gasteiger partial charge in [-0.25, -0.2) is 0 Å². The molecule has 0 amide bonds. The van der Waals surface area contributed by atoms with Crippen LogP contribution in [0.5, 0.6) is 0 Å². The molecule has 1 aromatic heterocycles. The zero-order chi connectivity index (χ0) is 17.9. The van der Waals surface area contributed by atoms with Gasteiger partial charge in [0.2, 0.25) is 5.62 Å². The van der Waals surface area contributed by atoms with Crippen LogP contribution in [0.15, 0.2) is 53.0 Å². The van der Waals surface area contributed by atoms with E-state index in [-0.39, 0.29) is 18.4 Å². The van der Waals surface area contributed by atoms with Gasteiger partial charge in [0.05, 0.1) is 30.8 Å². The Hall–Kier alpha value is -1.41. The normalized spacial score (nSPS) is 15.0. The van der Waals surface area contributed by atoms with E-state index in [1.165, 1.54) is 5.56 Å². The quantitative estimate of drug-likeness (QED) is 0.549. The van der Waals surface area contributed by atoms with E-state index in [2.05, 4.69) is 60.3 Å². The molecule has 4 rings (SSSR count). The predicted molar refractivity (Wildman–Crippen MR) is 107 cm³/mol. The third-order valence-electron chi connectivity index (χ3n) is 5.00. The molecule has 144 valence electrons. The maximum Gasteiger partial charge on any atom is 1.00 e. The molecule has 0 atom stereocenters. The van der Waals surface area contributed by atoms with Gasteiger partial charge in [-0.2, -0.15) is 0 Å². The van der Waals surface area contributed by atoms with Gasteiger partial charge in [-0.05, 0) is 23.8 Å². The van der Waals surface area contributed by atoms with Crippen LogP contribution < -0.4 is 22.6 Å². The molecule has 1 aliphatic rings. The fraction of sp³-hybridized carbons (Fsp3) is 0.350. The van der Waals surface area contributed by atoms with Crippen molar-refractivity contribution < 1.29 is 23.1 Å². The van der Waals surface area contributed by atoms with Gasteiger partial charge in [-0.3, -0.25) is 10.3 Å². The van der Waals surface area contributed by atoms with Crippen LogP contribution in [0.3, 0.4) is 0 Å². The first-order chi connectivity index (χ1) is 12.7. The van der Waals surface area contributed by atoms with E-state index in [0.717, 1.165) is 54.9 Å². The van der Waals surface area contributed by atoms with Crippen LogP contribution in [0.1, 0.15) is 6.99 Å². The van der Waals surface area contributed by atoms with Gasteiger partial charge in [0.25, 0.3) is 0 Å². The summed E-state index contributed by atoms with van der Waals surface area (Å²) in [5, 5.41) is 8.78. The molecule has 0 saturated carbocycles. The number of morpholine rings is 1. The minimum absolute atomic E-state index is 0. The molecule has 0 bridgehead atoms. The summed E-state index contributed by atoms with van der Waals surface area (Å²) < 4.78 is 10.7. The summed E-state index contributed by atoms with van der Waals surface area (Å²) in [6, 6.07) is 16.5. The monoisotopic (exact) mass is 494 g/mol. The van der Waals surface area contributed by atoms with Crippen LogP contribution in [0.2, 0.25) is 0 Å². The fourth-order valence-electron chi connectivity index (χ4n) is 3.54. The minimum atomic E-state index is 0. The third kappa shape index (κ3) is 4.37. The molecule has 1 saturated heterocycles. The lowest BCUT2D eigenvalue weighted by atomic mass is 10.2. The van der Waals surface area contributed by atoms with Crippen molar-refractivity contribution in [3.63, 3.8) is 0 Å². The summed E-state index contributed by atoms with van der Waals surface area (Å²) in [5.74, 6) is 0. The number of halogens is 2. The molecular formula is C20H24Br2N4O. The van der Waals surface area contributed by atoms with E-state index in [0.29, 0.717) is 12.2 Å². The van der Waals surface area contributed by atoms with Gasteiger partial charge < -0.3 is 30.9 Å². The topological polar surface area (TPSA) is 46.2 Å². The summed E-state index contributed by atoms with van der Waals surface area (Å²) in [4.78, 5) is 2.41. The van der Waals surface area contributed by atoms with Gasteiger partial charge in [-0.15, -0.1) is 0 Å². The zero-order valence-electron chi connectivity index (χ0n) is 16.1. The first-order valence-corrected chi connectivity index (χ1v) is 9.79. The number of aromatic nitrogens is 2. The first-order valence-electron chi connectivity index (χ1n) is 9.00. The number of hydrogen-bond donors (Lipinski definition) is 1. The molecule has 0 aliphatic carbocycles. The van der Waals surface area contributed by atoms with Crippen LogP contribution in [-0.2, 0) is 17.8 Å². The van der Waals surface area contributed by atoms with Gasteiger partial charge in [-0.1, -0.05) is 46.3 Å². The zero-order valence-corrected chi connectivity index (χ0v) is 18.2. The van der Waals surface area contributed by atoms with E-state index >= 15 is 0 Å². The van der Waals surface area contributed by atoms with Gasteiger partial charge in [0, 0.05) is 30.7 Å². The van der Waals surface area contributed by atoms with Crippen molar-refractivity contribution >= 4 is 27.0 Å². The number of hydrogen-bond acceptors (Lipinski definition) is 3. The maximum absolute atomic E-state index is 8.78. The highest BCUT2D eigenvalue weighted by Gasteiger charge is 2.14. The molecule has 5 nitrogen and oxygen atoms in total. The first kappa shape index (κ1) is 20.3. The van der Waals surface area contributed by atoms with Gasteiger partial charge in [0.1, 0.15) is 0 Å². The van der Waals surface area contributed by atoms with Crippen molar-refractivity contribution in [2.45, 2.75) is 13.1 Å². The highest BCUT2D eigenvalue weighted by atomic mass is 79.9. The van der Waals surface area contributed by atoms with Crippen LogP contribution in [0.25, 0.3) is 11.0 Å². The number of ether oxygens (including phenoxy) is 1. The van der Waals surface area contributed by atoms with E-state index in [1.807, 2.05) is 18.2 Å². The van der Waals surface area contributed by atoms with Crippen molar-refractivity contribution in [1.29, 1.82) is 5.41 Å². The smallest absolute Gasteiger partial charge is 1.00 e. The third-order valence-corrected chi connectivity index (χ3v) is 5.78. The van der Waals surface area contributed by atoms with E-state index in [4.69, 9.17) is 10.1 Å². The molecule has 1 aliphatic heterocycles. The summed E-state index contributed by atoms with van der Waals surface area (Å²) >= 11 is 3.63. The highest BCUT2D eigenvalue weighted by molar-refractivity contribution is 9.10. The second-order valence-corrected chi connectivity index (χ2v) is 7.45. The lowest BCUT2D eigenvalue weighted by Crippen LogP contribution is -3.00.